The van der Waals surface area contributed by atoms with Crippen LogP contribution in [-0.2, 0) is 16.0 Å². The topological polar surface area (TPSA) is 46.2 Å². The van der Waals surface area contributed by atoms with Crippen LogP contribution in [0.5, 0.6) is 0 Å². The predicted molar refractivity (Wildman–Crippen MR) is 59.7 cm³/mol. The molecule has 15 heavy (non-hydrogen) atoms. The highest BCUT2D eigenvalue weighted by atomic mass is 16.1. The second kappa shape index (κ2) is 5.29. The standard InChI is InChI=1S/C12H15NO2/c1-9(8-14)7-11-3-5-12(6-4-11)13-10(2)15/h3-6,8-9H,7H2,1-2H3,(H,13,15)/t9-/m1/s1. The Morgan fingerprint density at radius 1 is 1.40 bits per heavy atom. The van der Waals surface area contributed by atoms with E-state index < -0.39 is 0 Å². The van der Waals surface area contributed by atoms with Gasteiger partial charge in [-0.15, -0.1) is 0 Å². The molecule has 3 nitrogen and oxygen atoms in total. The molecular formula is C12H15NO2. The second-order valence-electron chi connectivity index (χ2n) is 3.70. The Morgan fingerprint density at radius 2 is 2.00 bits per heavy atom. The maximum atomic E-state index is 10.8. The molecule has 1 aromatic carbocycles. The number of amides is 1. The van der Waals surface area contributed by atoms with Gasteiger partial charge >= 0.3 is 0 Å². The summed E-state index contributed by atoms with van der Waals surface area (Å²) in [5.41, 5.74) is 1.88. The normalized spacial score (nSPS) is 11.9. The van der Waals surface area contributed by atoms with Gasteiger partial charge in [-0.05, 0) is 24.1 Å². The van der Waals surface area contributed by atoms with Gasteiger partial charge in [0.15, 0.2) is 0 Å². The minimum Gasteiger partial charge on any atom is -0.326 e. The van der Waals surface area contributed by atoms with E-state index in [-0.39, 0.29) is 11.8 Å². The molecule has 1 aromatic rings. The van der Waals surface area contributed by atoms with Gasteiger partial charge in [0.05, 0.1) is 0 Å². The number of nitrogens with one attached hydrogen (secondary N) is 1. The average Bonchev–Trinajstić information content (AvgIpc) is 2.20. The van der Waals surface area contributed by atoms with Crippen molar-refractivity contribution in [1.82, 2.24) is 0 Å². The molecule has 0 aromatic heterocycles. The van der Waals surface area contributed by atoms with Gasteiger partial charge in [0.25, 0.3) is 0 Å². The monoisotopic (exact) mass is 205 g/mol. The predicted octanol–water partition coefficient (Wildman–Crippen LogP) is 2.02. The van der Waals surface area contributed by atoms with E-state index in [2.05, 4.69) is 5.32 Å². The van der Waals surface area contributed by atoms with Crippen LogP contribution in [0.15, 0.2) is 24.3 Å². The molecular weight excluding hydrogens is 190 g/mol. The lowest BCUT2D eigenvalue weighted by Crippen LogP contribution is -2.06. The van der Waals surface area contributed by atoms with Crippen molar-refractivity contribution in [3.05, 3.63) is 29.8 Å². The van der Waals surface area contributed by atoms with E-state index in [0.29, 0.717) is 0 Å². The van der Waals surface area contributed by atoms with Crippen molar-refractivity contribution in [1.29, 1.82) is 0 Å². The van der Waals surface area contributed by atoms with Crippen LogP contribution in [0.4, 0.5) is 5.69 Å². The molecule has 1 amide bonds. The summed E-state index contributed by atoms with van der Waals surface area (Å²) in [6.07, 6.45) is 1.69. The van der Waals surface area contributed by atoms with E-state index in [1.54, 1.807) is 0 Å². The lowest BCUT2D eigenvalue weighted by molar-refractivity contribution is -0.114. The summed E-state index contributed by atoms with van der Waals surface area (Å²) in [5.74, 6) is -0.0411. The molecule has 1 N–H and O–H groups in total. The Labute approximate surface area is 89.5 Å². The Bertz CT molecular complexity index is 343. The number of carbonyl (C=O) groups is 2. The van der Waals surface area contributed by atoms with Gasteiger partial charge in [-0.3, -0.25) is 4.79 Å². The van der Waals surface area contributed by atoms with Crippen LogP contribution in [0.25, 0.3) is 0 Å². The van der Waals surface area contributed by atoms with Crippen molar-refractivity contribution in [3.63, 3.8) is 0 Å². The van der Waals surface area contributed by atoms with E-state index in [9.17, 15) is 9.59 Å². The largest absolute Gasteiger partial charge is 0.326 e. The van der Waals surface area contributed by atoms with Gasteiger partial charge in [0, 0.05) is 18.5 Å². The highest BCUT2D eigenvalue weighted by Crippen LogP contribution is 2.12. The highest BCUT2D eigenvalue weighted by Gasteiger charge is 2.01. The summed E-state index contributed by atoms with van der Waals surface area (Å²) in [4.78, 5) is 21.2. The Kier molecular flexibility index (Phi) is 4.03. The fraction of sp³-hybridized carbons (Fsp3) is 0.333. The molecule has 0 aliphatic heterocycles. The first-order chi connectivity index (χ1) is 7.11. The molecule has 1 atom stereocenters. The molecule has 0 aliphatic carbocycles. The van der Waals surface area contributed by atoms with Crippen molar-refractivity contribution in [2.75, 3.05) is 5.32 Å². The minimum atomic E-state index is -0.0796. The number of aldehydes is 1. The van der Waals surface area contributed by atoms with E-state index in [1.165, 1.54) is 6.92 Å². The Hall–Kier alpha value is -1.64. The third-order valence-corrected chi connectivity index (χ3v) is 2.06. The smallest absolute Gasteiger partial charge is 0.221 e. The lowest BCUT2D eigenvalue weighted by Gasteiger charge is -2.05. The minimum absolute atomic E-state index is 0.0385. The van der Waals surface area contributed by atoms with Gasteiger partial charge in [-0.2, -0.15) is 0 Å². The molecule has 0 heterocycles. The van der Waals surface area contributed by atoms with Crippen LogP contribution in [0.1, 0.15) is 19.4 Å². The summed E-state index contributed by atoms with van der Waals surface area (Å²) < 4.78 is 0. The summed E-state index contributed by atoms with van der Waals surface area (Å²) in [6, 6.07) is 7.53. The average molecular weight is 205 g/mol. The van der Waals surface area contributed by atoms with Crippen LogP contribution >= 0.6 is 0 Å². The number of anilines is 1. The van der Waals surface area contributed by atoms with E-state index in [1.807, 2.05) is 31.2 Å². The van der Waals surface area contributed by atoms with E-state index >= 15 is 0 Å². The van der Waals surface area contributed by atoms with Crippen molar-refractivity contribution in [3.8, 4) is 0 Å². The number of hydrogen-bond acceptors (Lipinski definition) is 2. The van der Waals surface area contributed by atoms with Crippen molar-refractivity contribution < 1.29 is 9.59 Å². The highest BCUT2D eigenvalue weighted by molar-refractivity contribution is 5.88. The zero-order valence-electron chi connectivity index (χ0n) is 8.99. The van der Waals surface area contributed by atoms with Crippen molar-refractivity contribution >= 4 is 17.9 Å². The van der Waals surface area contributed by atoms with Crippen LogP contribution < -0.4 is 5.32 Å². The first kappa shape index (κ1) is 11.4. The Morgan fingerprint density at radius 3 is 2.47 bits per heavy atom. The first-order valence-electron chi connectivity index (χ1n) is 4.93. The summed E-state index contributed by atoms with van der Waals surface area (Å²) in [6.45, 7) is 3.36. The molecule has 3 heteroatoms. The summed E-state index contributed by atoms with van der Waals surface area (Å²) in [7, 11) is 0. The van der Waals surface area contributed by atoms with E-state index in [0.717, 1.165) is 24.0 Å². The molecule has 0 fully saturated rings. The van der Waals surface area contributed by atoms with Gasteiger partial charge in [0.1, 0.15) is 6.29 Å². The maximum Gasteiger partial charge on any atom is 0.221 e. The van der Waals surface area contributed by atoms with Gasteiger partial charge < -0.3 is 10.1 Å². The summed E-state index contributed by atoms with van der Waals surface area (Å²) in [5, 5.41) is 2.69. The number of hydrogen-bond donors (Lipinski definition) is 1. The van der Waals surface area contributed by atoms with Crippen LogP contribution in [0.2, 0.25) is 0 Å². The quantitative estimate of drug-likeness (QED) is 0.764. The molecule has 0 radical (unpaired) electrons. The molecule has 0 saturated carbocycles. The fourth-order valence-electron chi connectivity index (χ4n) is 1.35. The zero-order valence-corrected chi connectivity index (χ0v) is 8.99. The van der Waals surface area contributed by atoms with Crippen LogP contribution in [-0.4, -0.2) is 12.2 Å². The maximum absolute atomic E-state index is 10.8. The Balaban J connectivity index is 2.63. The molecule has 0 aliphatic rings. The molecule has 0 bridgehead atoms. The molecule has 0 spiro atoms. The van der Waals surface area contributed by atoms with Gasteiger partial charge in [-0.1, -0.05) is 19.1 Å². The zero-order chi connectivity index (χ0) is 11.3. The van der Waals surface area contributed by atoms with Crippen LogP contribution in [0, 0.1) is 5.92 Å². The first-order valence-corrected chi connectivity index (χ1v) is 4.93. The molecule has 1 rings (SSSR count). The van der Waals surface area contributed by atoms with Crippen molar-refractivity contribution in [2.45, 2.75) is 20.3 Å². The molecule has 0 unspecified atom stereocenters. The third kappa shape index (κ3) is 3.94. The van der Waals surface area contributed by atoms with Crippen LogP contribution in [0.3, 0.4) is 0 Å². The van der Waals surface area contributed by atoms with Crippen molar-refractivity contribution in [2.24, 2.45) is 5.92 Å². The lowest BCUT2D eigenvalue weighted by atomic mass is 10.0. The number of carbonyl (C=O) groups excluding carboxylic acids is 2. The molecule has 0 saturated heterocycles. The molecule has 80 valence electrons. The number of benzene rings is 1. The van der Waals surface area contributed by atoms with Gasteiger partial charge in [0.2, 0.25) is 5.91 Å². The summed E-state index contributed by atoms with van der Waals surface area (Å²) >= 11 is 0. The second-order valence-corrected chi connectivity index (χ2v) is 3.70. The van der Waals surface area contributed by atoms with E-state index in [4.69, 9.17) is 0 Å². The SMILES string of the molecule is CC(=O)Nc1ccc(C[C@@H](C)C=O)cc1. The third-order valence-electron chi connectivity index (χ3n) is 2.06. The number of rotatable bonds is 4. The fourth-order valence-corrected chi connectivity index (χ4v) is 1.35. The van der Waals surface area contributed by atoms with Gasteiger partial charge in [-0.25, -0.2) is 0 Å².